The Bertz CT molecular complexity index is 1120. The zero-order valence-electron chi connectivity index (χ0n) is 17.4. The molecule has 2 heterocycles. The van der Waals surface area contributed by atoms with Crippen LogP contribution in [0.3, 0.4) is 0 Å². The third kappa shape index (κ3) is 4.20. The number of H-pyrrole nitrogens is 1. The van der Waals surface area contributed by atoms with E-state index in [1.54, 1.807) is 0 Å². The van der Waals surface area contributed by atoms with Gasteiger partial charge in [-0.1, -0.05) is 74.5 Å². The van der Waals surface area contributed by atoms with Gasteiger partial charge in [0, 0.05) is 17.9 Å². The van der Waals surface area contributed by atoms with E-state index in [4.69, 9.17) is 4.98 Å². The number of tetrazole rings is 1. The number of hydrogen-bond donors (Lipinski definition) is 1. The van der Waals surface area contributed by atoms with Crippen LogP contribution in [0.25, 0.3) is 22.5 Å². The Morgan fingerprint density at radius 3 is 2.47 bits per heavy atom. The summed E-state index contributed by atoms with van der Waals surface area (Å²) in [5, 5.41) is 19.0. The molecule has 0 unspecified atom stereocenters. The normalized spacial score (nSPS) is 11.6. The molecular formula is C23H25N7. The van der Waals surface area contributed by atoms with Crippen molar-refractivity contribution >= 4 is 0 Å². The lowest BCUT2D eigenvalue weighted by atomic mass is 9.98. The van der Waals surface area contributed by atoms with Gasteiger partial charge in [-0.3, -0.25) is 0 Å². The lowest BCUT2D eigenvalue weighted by Crippen LogP contribution is -2.05. The smallest absolute Gasteiger partial charge is 0.180 e. The standard InChI is InChI=1S/C23H25N7/c1-4-5-14-30-21(24-22(27-30)16(2)3)15-17-10-12-18(13-11-17)19-8-6-7-9-20(19)23-25-28-29-26-23/h4-13,16H,14-15H2,1-3H3,(H,25,26,28,29)/b5-4+. The average Bonchev–Trinajstić information content (AvgIpc) is 3.43. The van der Waals surface area contributed by atoms with Crippen molar-refractivity contribution in [3.8, 4) is 22.5 Å². The third-order valence-electron chi connectivity index (χ3n) is 4.95. The SMILES string of the molecule is C/C=C/Cn1nc(C(C)C)nc1Cc1ccc(-c2ccccc2-c2nnn[nH]2)cc1. The summed E-state index contributed by atoms with van der Waals surface area (Å²) >= 11 is 0. The van der Waals surface area contributed by atoms with Crippen LogP contribution in [0.4, 0.5) is 0 Å². The Labute approximate surface area is 175 Å². The molecule has 4 aromatic rings. The molecule has 0 bridgehead atoms. The van der Waals surface area contributed by atoms with E-state index in [1.165, 1.54) is 5.56 Å². The summed E-state index contributed by atoms with van der Waals surface area (Å²) in [5.74, 6) is 2.84. The highest BCUT2D eigenvalue weighted by Crippen LogP contribution is 2.30. The van der Waals surface area contributed by atoms with Crippen molar-refractivity contribution in [2.24, 2.45) is 0 Å². The number of aromatic amines is 1. The number of hydrogen-bond acceptors (Lipinski definition) is 5. The van der Waals surface area contributed by atoms with E-state index >= 15 is 0 Å². The lowest BCUT2D eigenvalue weighted by molar-refractivity contribution is 0.643. The van der Waals surface area contributed by atoms with Crippen molar-refractivity contribution < 1.29 is 0 Å². The molecule has 0 atom stereocenters. The minimum absolute atomic E-state index is 0.306. The molecule has 2 aromatic carbocycles. The van der Waals surface area contributed by atoms with Crippen molar-refractivity contribution in [2.75, 3.05) is 0 Å². The summed E-state index contributed by atoms with van der Waals surface area (Å²) in [7, 11) is 0. The molecule has 152 valence electrons. The highest BCUT2D eigenvalue weighted by Gasteiger charge is 2.13. The maximum atomic E-state index is 4.78. The Kier molecular flexibility index (Phi) is 5.79. The van der Waals surface area contributed by atoms with E-state index in [0.29, 0.717) is 11.7 Å². The van der Waals surface area contributed by atoms with Gasteiger partial charge in [-0.15, -0.1) is 5.10 Å². The fourth-order valence-electron chi connectivity index (χ4n) is 3.32. The van der Waals surface area contributed by atoms with Crippen LogP contribution in [0.15, 0.2) is 60.7 Å². The highest BCUT2D eigenvalue weighted by molar-refractivity contribution is 5.80. The molecule has 7 nitrogen and oxygen atoms in total. The molecule has 0 aliphatic carbocycles. The van der Waals surface area contributed by atoms with Crippen LogP contribution in [-0.2, 0) is 13.0 Å². The first kappa shape index (κ1) is 19.7. The zero-order chi connectivity index (χ0) is 20.9. The average molecular weight is 400 g/mol. The molecule has 0 aliphatic heterocycles. The number of nitrogens with one attached hydrogen (secondary N) is 1. The van der Waals surface area contributed by atoms with Gasteiger partial charge in [-0.25, -0.2) is 14.8 Å². The predicted molar refractivity (Wildman–Crippen MR) is 117 cm³/mol. The monoisotopic (exact) mass is 399 g/mol. The van der Waals surface area contributed by atoms with Crippen LogP contribution in [0, 0.1) is 0 Å². The van der Waals surface area contributed by atoms with E-state index in [2.05, 4.69) is 76.0 Å². The molecule has 0 radical (unpaired) electrons. The topological polar surface area (TPSA) is 85.2 Å². The second kappa shape index (κ2) is 8.82. The van der Waals surface area contributed by atoms with Crippen LogP contribution in [-0.4, -0.2) is 35.4 Å². The van der Waals surface area contributed by atoms with Gasteiger partial charge in [0.05, 0.1) is 6.54 Å². The number of allylic oxidation sites excluding steroid dienone is 2. The molecule has 30 heavy (non-hydrogen) atoms. The van der Waals surface area contributed by atoms with E-state index in [0.717, 1.165) is 41.3 Å². The molecule has 2 aromatic heterocycles. The predicted octanol–water partition coefficient (Wildman–Crippen LogP) is 4.42. The summed E-state index contributed by atoms with van der Waals surface area (Å²) in [6.07, 6.45) is 4.88. The first-order valence-corrected chi connectivity index (χ1v) is 10.1. The Hall–Kier alpha value is -3.61. The van der Waals surface area contributed by atoms with Crippen molar-refractivity contribution in [3.63, 3.8) is 0 Å². The van der Waals surface area contributed by atoms with E-state index in [9.17, 15) is 0 Å². The van der Waals surface area contributed by atoms with Crippen molar-refractivity contribution in [3.05, 3.63) is 77.9 Å². The van der Waals surface area contributed by atoms with Gasteiger partial charge in [0.25, 0.3) is 0 Å². The van der Waals surface area contributed by atoms with Crippen LogP contribution in [0.1, 0.15) is 43.9 Å². The molecule has 4 rings (SSSR count). The molecule has 0 amide bonds. The molecule has 0 fully saturated rings. The van der Waals surface area contributed by atoms with Gasteiger partial charge in [-0.2, -0.15) is 5.10 Å². The molecular weight excluding hydrogens is 374 g/mol. The largest absolute Gasteiger partial charge is 0.246 e. The first-order chi connectivity index (χ1) is 14.7. The van der Waals surface area contributed by atoms with Crippen LogP contribution in [0.2, 0.25) is 0 Å². The minimum atomic E-state index is 0.306. The molecule has 0 aliphatic rings. The minimum Gasteiger partial charge on any atom is -0.246 e. The molecule has 0 spiro atoms. The Morgan fingerprint density at radius 2 is 1.80 bits per heavy atom. The highest BCUT2D eigenvalue weighted by atomic mass is 15.5. The van der Waals surface area contributed by atoms with Gasteiger partial charge < -0.3 is 0 Å². The molecule has 7 heteroatoms. The fraction of sp³-hybridized carbons (Fsp3) is 0.261. The third-order valence-corrected chi connectivity index (χ3v) is 4.95. The summed E-state index contributed by atoms with van der Waals surface area (Å²) in [6.45, 7) is 7.00. The van der Waals surface area contributed by atoms with Crippen LogP contribution in [0.5, 0.6) is 0 Å². The molecule has 1 N–H and O–H groups in total. The maximum Gasteiger partial charge on any atom is 0.180 e. The van der Waals surface area contributed by atoms with E-state index in [-0.39, 0.29) is 0 Å². The summed E-state index contributed by atoms with van der Waals surface area (Å²) in [4.78, 5) is 4.78. The van der Waals surface area contributed by atoms with Crippen molar-refractivity contribution in [1.29, 1.82) is 0 Å². The van der Waals surface area contributed by atoms with Gasteiger partial charge in [-0.05, 0) is 34.0 Å². The Morgan fingerprint density at radius 1 is 1.03 bits per heavy atom. The number of nitrogens with zero attached hydrogens (tertiary/aromatic N) is 6. The summed E-state index contributed by atoms with van der Waals surface area (Å²) < 4.78 is 2.00. The van der Waals surface area contributed by atoms with E-state index in [1.807, 2.05) is 35.9 Å². The molecule has 0 saturated carbocycles. The Balaban J connectivity index is 1.60. The van der Waals surface area contributed by atoms with Gasteiger partial charge in [0.15, 0.2) is 11.6 Å². The second-order valence-corrected chi connectivity index (χ2v) is 7.46. The van der Waals surface area contributed by atoms with Crippen LogP contribution >= 0.6 is 0 Å². The summed E-state index contributed by atoms with van der Waals surface area (Å²) in [6, 6.07) is 16.7. The molecule has 0 saturated heterocycles. The maximum absolute atomic E-state index is 4.78. The van der Waals surface area contributed by atoms with Crippen molar-refractivity contribution in [2.45, 2.75) is 39.7 Å². The van der Waals surface area contributed by atoms with Crippen molar-refractivity contribution in [1.82, 2.24) is 35.4 Å². The fourth-order valence-corrected chi connectivity index (χ4v) is 3.32. The van der Waals surface area contributed by atoms with E-state index < -0.39 is 0 Å². The quantitative estimate of drug-likeness (QED) is 0.465. The van der Waals surface area contributed by atoms with Crippen LogP contribution < -0.4 is 0 Å². The zero-order valence-corrected chi connectivity index (χ0v) is 17.4. The number of benzene rings is 2. The van der Waals surface area contributed by atoms with Gasteiger partial charge >= 0.3 is 0 Å². The second-order valence-electron chi connectivity index (χ2n) is 7.46. The first-order valence-electron chi connectivity index (χ1n) is 10.1. The van der Waals surface area contributed by atoms with Gasteiger partial charge in [0.2, 0.25) is 0 Å². The number of rotatable bonds is 7. The lowest BCUT2D eigenvalue weighted by Gasteiger charge is -2.08. The van der Waals surface area contributed by atoms with Gasteiger partial charge in [0.1, 0.15) is 5.82 Å². The summed E-state index contributed by atoms with van der Waals surface area (Å²) in [5.41, 5.74) is 4.37. The number of aromatic nitrogens is 7.